The van der Waals surface area contributed by atoms with Crippen LogP contribution in [0.25, 0.3) is 0 Å². The Balaban J connectivity index is 2.05. The highest BCUT2D eigenvalue weighted by Gasteiger charge is 2.10. The Morgan fingerprint density at radius 2 is 1.90 bits per heavy atom. The molecular weight excluding hydrogens is 248 g/mol. The molecule has 1 heterocycles. The molecule has 2 aromatic rings. The van der Waals surface area contributed by atoms with Crippen molar-refractivity contribution in [2.75, 3.05) is 30.4 Å². The number of nitrogens with one attached hydrogen (secondary N) is 1. The summed E-state index contributed by atoms with van der Waals surface area (Å²) in [5.41, 5.74) is 2.45. The maximum absolute atomic E-state index is 4.41. The van der Waals surface area contributed by atoms with Gasteiger partial charge in [0.2, 0.25) is 0 Å². The molecule has 0 fully saturated rings. The average Bonchev–Trinajstić information content (AvgIpc) is 2.48. The van der Waals surface area contributed by atoms with Crippen molar-refractivity contribution < 1.29 is 0 Å². The number of rotatable bonds is 6. The van der Waals surface area contributed by atoms with Crippen LogP contribution in [0.2, 0.25) is 0 Å². The molecule has 0 bridgehead atoms. The third-order valence-corrected chi connectivity index (χ3v) is 3.34. The van der Waals surface area contributed by atoms with Crippen LogP contribution >= 0.6 is 0 Å². The van der Waals surface area contributed by atoms with Crippen LogP contribution < -0.4 is 10.2 Å². The van der Waals surface area contributed by atoms with Crippen LogP contribution in [0.1, 0.15) is 18.1 Å². The lowest BCUT2D eigenvalue weighted by Crippen LogP contribution is -2.23. The fourth-order valence-corrected chi connectivity index (χ4v) is 2.22. The molecule has 0 spiro atoms. The van der Waals surface area contributed by atoms with Crippen molar-refractivity contribution >= 4 is 11.6 Å². The summed E-state index contributed by atoms with van der Waals surface area (Å²) < 4.78 is 0. The van der Waals surface area contributed by atoms with E-state index in [4.69, 9.17) is 0 Å². The second-order valence-corrected chi connectivity index (χ2v) is 4.86. The van der Waals surface area contributed by atoms with Gasteiger partial charge >= 0.3 is 0 Å². The highest BCUT2D eigenvalue weighted by Crippen LogP contribution is 2.21. The number of anilines is 2. The molecule has 0 saturated carbocycles. The number of likely N-dealkylation sites (N-methyl/N-ethyl adjacent to an activating group) is 1. The zero-order valence-electron chi connectivity index (χ0n) is 12.4. The first-order valence-corrected chi connectivity index (χ1v) is 7.03. The summed E-state index contributed by atoms with van der Waals surface area (Å²) in [5.74, 6) is 1.91. The number of nitrogens with zero attached hydrogens (tertiary/aromatic N) is 3. The van der Waals surface area contributed by atoms with Crippen molar-refractivity contribution in [3.63, 3.8) is 0 Å². The van der Waals surface area contributed by atoms with Crippen molar-refractivity contribution in [1.29, 1.82) is 0 Å². The summed E-state index contributed by atoms with van der Waals surface area (Å²) in [6.45, 7) is 5.94. The van der Waals surface area contributed by atoms with Gasteiger partial charge in [0, 0.05) is 25.7 Å². The molecule has 1 N–H and O–H groups in total. The van der Waals surface area contributed by atoms with Crippen LogP contribution in [-0.2, 0) is 6.42 Å². The minimum Gasteiger partial charge on any atom is -0.370 e. The van der Waals surface area contributed by atoms with Gasteiger partial charge in [0.25, 0.3) is 0 Å². The molecule has 0 amide bonds. The standard InChI is InChI=1S/C16H22N4/c1-4-17-15-13(2)16(19-12-18-15)20(3)11-10-14-8-6-5-7-9-14/h5-9,12H,4,10-11H2,1-3H3,(H,17,18,19). The van der Waals surface area contributed by atoms with Crippen LogP contribution in [0.4, 0.5) is 11.6 Å². The van der Waals surface area contributed by atoms with E-state index >= 15 is 0 Å². The average molecular weight is 270 g/mol. The van der Waals surface area contributed by atoms with Crippen LogP contribution in [0, 0.1) is 6.92 Å². The molecule has 106 valence electrons. The van der Waals surface area contributed by atoms with Gasteiger partial charge in [0.15, 0.2) is 0 Å². The Labute approximate surface area is 120 Å². The zero-order valence-corrected chi connectivity index (χ0v) is 12.4. The van der Waals surface area contributed by atoms with Gasteiger partial charge < -0.3 is 10.2 Å². The third-order valence-electron chi connectivity index (χ3n) is 3.34. The first-order valence-electron chi connectivity index (χ1n) is 7.03. The summed E-state index contributed by atoms with van der Waals surface area (Å²) >= 11 is 0. The Morgan fingerprint density at radius 3 is 2.60 bits per heavy atom. The fraction of sp³-hybridized carbons (Fsp3) is 0.375. The first-order chi connectivity index (χ1) is 9.72. The Hall–Kier alpha value is -2.10. The maximum atomic E-state index is 4.41. The molecule has 0 unspecified atom stereocenters. The molecular formula is C16H22N4. The molecule has 0 saturated heterocycles. The van der Waals surface area contributed by atoms with Crippen LogP contribution in [-0.4, -0.2) is 30.1 Å². The topological polar surface area (TPSA) is 41.1 Å². The summed E-state index contributed by atoms with van der Waals surface area (Å²) in [4.78, 5) is 10.9. The number of hydrogen-bond acceptors (Lipinski definition) is 4. The number of benzene rings is 1. The molecule has 0 radical (unpaired) electrons. The molecule has 2 rings (SSSR count). The van der Waals surface area contributed by atoms with E-state index in [-0.39, 0.29) is 0 Å². The third kappa shape index (κ3) is 3.47. The van der Waals surface area contributed by atoms with E-state index in [0.717, 1.165) is 36.7 Å². The molecule has 1 aromatic carbocycles. The minimum atomic E-state index is 0.866. The summed E-state index contributed by atoms with van der Waals surface area (Å²) in [6, 6.07) is 10.5. The predicted octanol–water partition coefficient (Wildman–Crippen LogP) is 2.90. The van der Waals surface area contributed by atoms with E-state index < -0.39 is 0 Å². The lowest BCUT2D eigenvalue weighted by atomic mass is 10.1. The molecule has 4 heteroatoms. The highest BCUT2D eigenvalue weighted by atomic mass is 15.2. The fourth-order valence-electron chi connectivity index (χ4n) is 2.22. The normalized spacial score (nSPS) is 10.3. The van der Waals surface area contributed by atoms with Crippen molar-refractivity contribution in [2.24, 2.45) is 0 Å². The Kier molecular flexibility index (Phi) is 4.93. The number of aromatic nitrogens is 2. The second-order valence-electron chi connectivity index (χ2n) is 4.86. The molecule has 1 aromatic heterocycles. The molecule has 20 heavy (non-hydrogen) atoms. The van der Waals surface area contributed by atoms with Crippen molar-refractivity contribution in [3.05, 3.63) is 47.8 Å². The zero-order chi connectivity index (χ0) is 14.4. The molecule has 0 aliphatic rings. The Bertz CT molecular complexity index is 539. The second kappa shape index (κ2) is 6.89. The van der Waals surface area contributed by atoms with E-state index in [1.54, 1.807) is 6.33 Å². The van der Waals surface area contributed by atoms with E-state index in [9.17, 15) is 0 Å². The summed E-state index contributed by atoms with van der Waals surface area (Å²) in [7, 11) is 2.08. The molecule has 0 aliphatic heterocycles. The van der Waals surface area contributed by atoms with Crippen LogP contribution in [0.3, 0.4) is 0 Å². The van der Waals surface area contributed by atoms with Gasteiger partial charge in [-0.3, -0.25) is 0 Å². The number of hydrogen-bond donors (Lipinski definition) is 1. The SMILES string of the molecule is CCNc1ncnc(N(C)CCc2ccccc2)c1C. The van der Waals surface area contributed by atoms with Gasteiger partial charge in [0.1, 0.15) is 18.0 Å². The summed E-state index contributed by atoms with van der Waals surface area (Å²) in [5, 5.41) is 3.27. The van der Waals surface area contributed by atoms with E-state index in [2.05, 4.69) is 65.3 Å². The van der Waals surface area contributed by atoms with Gasteiger partial charge in [-0.1, -0.05) is 30.3 Å². The van der Waals surface area contributed by atoms with Gasteiger partial charge in [0.05, 0.1) is 0 Å². The van der Waals surface area contributed by atoms with Crippen molar-refractivity contribution in [3.8, 4) is 0 Å². The molecule has 4 nitrogen and oxygen atoms in total. The highest BCUT2D eigenvalue weighted by molar-refractivity contribution is 5.57. The predicted molar refractivity (Wildman–Crippen MR) is 84.3 cm³/mol. The minimum absolute atomic E-state index is 0.866. The lowest BCUT2D eigenvalue weighted by molar-refractivity contribution is 0.849. The lowest BCUT2D eigenvalue weighted by Gasteiger charge is -2.21. The van der Waals surface area contributed by atoms with Gasteiger partial charge in [-0.05, 0) is 25.8 Å². The van der Waals surface area contributed by atoms with E-state index in [1.807, 2.05) is 6.07 Å². The smallest absolute Gasteiger partial charge is 0.136 e. The quantitative estimate of drug-likeness (QED) is 0.876. The molecule has 0 aliphatic carbocycles. The summed E-state index contributed by atoms with van der Waals surface area (Å²) in [6.07, 6.45) is 2.64. The maximum Gasteiger partial charge on any atom is 0.136 e. The largest absolute Gasteiger partial charge is 0.370 e. The van der Waals surface area contributed by atoms with Crippen molar-refractivity contribution in [1.82, 2.24) is 9.97 Å². The van der Waals surface area contributed by atoms with E-state index in [0.29, 0.717) is 0 Å². The van der Waals surface area contributed by atoms with Crippen LogP contribution in [0.5, 0.6) is 0 Å². The van der Waals surface area contributed by atoms with Crippen molar-refractivity contribution in [2.45, 2.75) is 20.3 Å². The van der Waals surface area contributed by atoms with E-state index in [1.165, 1.54) is 5.56 Å². The van der Waals surface area contributed by atoms with Gasteiger partial charge in [-0.25, -0.2) is 9.97 Å². The van der Waals surface area contributed by atoms with Gasteiger partial charge in [-0.2, -0.15) is 0 Å². The Morgan fingerprint density at radius 1 is 1.15 bits per heavy atom. The molecule has 0 atom stereocenters. The monoisotopic (exact) mass is 270 g/mol. The first kappa shape index (κ1) is 14.3. The van der Waals surface area contributed by atoms with Crippen LogP contribution in [0.15, 0.2) is 36.7 Å². The van der Waals surface area contributed by atoms with Gasteiger partial charge in [-0.15, -0.1) is 0 Å².